The molecular formula is C23H32N2O2. The Kier molecular flexibility index (Phi) is 3.86. The van der Waals surface area contributed by atoms with Crippen LogP contribution in [-0.4, -0.2) is 22.7 Å². The molecule has 0 bridgehead atoms. The van der Waals surface area contributed by atoms with Gasteiger partial charge in [0.05, 0.1) is 5.69 Å². The molecule has 7 unspecified atom stereocenters. The van der Waals surface area contributed by atoms with Crippen LogP contribution in [0.4, 0.5) is 0 Å². The van der Waals surface area contributed by atoms with E-state index in [1.165, 1.54) is 19.3 Å². The van der Waals surface area contributed by atoms with Crippen LogP contribution in [0.25, 0.3) is 0 Å². The number of carbonyl (C=O) groups excluding carboxylic acids is 2. The molecule has 4 nitrogen and oxygen atoms in total. The normalized spacial score (nSPS) is 46.1. The van der Waals surface area contributed by atoms with Gasteiger partial charge in [-0.25, -0.2) is 0 Å². The van der Waals surface area contributed by atoms with E-state index in [0.717, 1.165) is 37.3 Å². The molecular weight excluding hydrogens is 336 g/mol. The van der Waals surface area contributed by atoms with Crippen LogP contribution >= 0.6 is 0 Å². The highest BCUT2D eigenvalue weighted by molar-refractivity contribution is 5.97. The Balaban J connectivity index is 1.42. The molecule has 2 heterocycles. The minimum atomic E-state index is 0.143. The molecule has 1 aliphatic heterocycles. The summed E-state index contributed by atoms with van der Waals surface area (Å²) in [6.45, 7) is 4.84. The Hall–Kier alpha value is -1.58. The Morgan fingerprint density at radius 1 is 1.04 bits per heavy atom. The summed E-state index contributed by atoms with van der Waals surface area (Å²) in [6.07, 6.45) is 10.5. The van der Waals surface area contributed by atoms with Gasteiger partial charge in [0.2, 0.25) is 5.91 Å². The second kappa shape index (κ2) is 5.96. The SMILES string of the molecule is CC12CCC(=O)NC1CCC1C2CCC2(C)C(C(=O)c3ccc[nH]3)CCC12. The lowest BCUT2D eigenvalue weighted by molar-refractivity contribution is -0.136. The van der Waals surface area contributed by atoms with Gasteiger partial charge in [0.15, 0.2) is 5.78 Å². The van der Waals surface area contributed by atoms with Gasteiger partial charge in [0.1, 0.15) is 0 Å². The van der Waals surface area contributed by atoms with E-state index in [4.69, 9.17) is 0 Å². The number of hydrogen-bond acceptors (Lipinski definition) is 2. The molecule has 0 aromatic carbocycles. The first-order valence-electron chi connectivity index (χ1n) is 10.9. The summed E-state index contributed by atoms with van der Waals surface area (Å²) >= 11 is 0. The quantitative estimate of drug-likeness (QED) is 0.763. The van der Waals surface area contributed by atoms with Crippen molar-refractivity contribution < 1.29 is 9.59 Å². The lowest BCUT2D eigenvalue weighted by atomic mass is 9.47. The number of amides is 1. The number of aromatic nitrogens is 1. The number of aromatic amines is 1. The van der Waals surface area contributed by atoms with Crippen LogP contribution in [0.5, 0.6) is 0 Å². The second-order valence-electron chi connectivity index (χ2n) is 10.2. The number of fused-ring (bicyclic) bond motifs is 5. The molecule has 7 atom stereocenters. The molecule has 0 spiro atoms. The monoisotopic (exact) mass is 368 g/mol. The van der Waals surface area contributed by atoms with Crippen LogP contribution in [0.1, 0.15) is 75.7 Å². The average Bonchev–Trinajstić information content (AvgIpc) is 3.29. The van der Waals surface area contributed by atoms with Crippen LogP contribution in [-0.2, 0) is 4.79 Å². The van der Waals surface area contributed by atoms with Crippen LogP contribution in [0, 0.1) is 34.5 Å². The second-order valence-corrected chi connectivity index (χ2v) is 10.2. The van der Waals surface area contributed by atoms with Crippen molar-refractivity contribution in [3.05, 3.63) is 24.0 Å². The van der Waals surface area contributed by atoms with Crippen molar-refractivity contribution in [3.8, 4) is 0 Å². The molecule has 5 rings (SSSR count). The maximum absolute atomic E-state index is 13.2. The predicted octanol–water partition coefficient (Wildman–Crippen LogP) is 4.33. The van der Waals surface area contributed by atoms with Crippen molar-refractivity contribution >= 4 is 11.7 Å². The average molecular weight is 369 g/mol. The molecule has 27 heavy (non-hydrogen) atoms. The summed E-state index contributed by atoms with van der Waals surface area (Å²) in [5, 5.41) is 3.31. The van der Waals surface area contributed by atoms with E-state index in [1.807, 2.05) is 18.3 Å². The molecule has 2 N–H and O–H groups in total. The fraction of sp³-hybridized carbons (Fsp3) is 0.739. The maximum Gasteiger partial charge on any atom is 0.220 e. The third-order valence-electron chi connectivity index (χ3n) is 9.27. The van der Waals surface area contributed by atoms with E-state index in [2.05, 4.69) is 24.1 Å². The van der Waals surface area contributed by atoms with Crippen LogP contribution < -0.4 is 5.32 Å². The van der Waals surface area contributed by atoms with Crippen molar-refractivity contribution in [2.75, 3.05) is 0 Å². The molecule has 0 radical (unpaired) electrons. The van der Waals surface area contributed by atoms with Gasteiger partial charge in [-0.05, 0) is 85.7 Å². The number of hydrogen-bond donors (Lipinski definition) is 2. The highest BCUT2D eigenvalue weighted by Crippen LogP contribution is 2.65. The summed E-state index contributed by atoms with van der Waals surface area (Å²) in [7, 11) is 0. The molecule has 1 aromatic rings. The van der Waals surface area contributed by atoms with E-state index in [9.17, 15) is 9.59 Å². The number of carbonyl (C=O) groups is 2. The van der Waals surface area contributed by atoms with Crippen molar-refractivity contribution in [2.24, 2.45) is 34.5 Å². The molecule has 1 amide bonds. The number of H-pyrrole nitrogens is 1. The van der Waals surface area contributed by atoms with Gasteiger partial charge >= 0.3 is 0 Å². The number of Topliss-reactive ketones (excluding diaryl/α,β-unsaturated/α-hetero) is 1. The summed E-state index contributed by atoms with van der Waals surface area (Å²) in [6, 6.07) is 4.22. The molecule has 4 fully saturated rings. The summed E-state index contributed by atoms with van der Waals surface area (Å²) in [5.41, 5.74) is 1.18. The van der Waals surface area contributed by atoms with Crippen LogP contribution in [0.3, 0.4) is 0 Å². The molecule has 146 valence electrons. The first-order chi connectivity index (χ1) is 12.9. The Bertz CT molecular complexity index is 756. The fourth-order valence-corrected chi connectivity index (χ4v) is 7.80. The fourth-order valence-electron chi connectivity index (χ4n) is 7.80. The number of ketones is 1. The minimum absolute atomic E-state index is 0.143. The third-order valence-corrected chi connectivity index (χ3v) is 9.27. The highest BCUT2D eigenvalue weighted by atomic mass is 16.1. The smallest absolute Gasteiger partial charge is 0.220 e. The lowest BCUT2D eigenvalue weighted by Gasteiger charge is -2.60. The van der Waals surface area contributed by atoms with Gasteiger partial charge in [-0.3, -0.25) is 9.59 Å². The van der Waals surface area contributed by atoms with Gasteiger partial charge in [-0.1, -0.05) is 13.8 Å². The molecule has 3 aliphatic carbocycles. The van der Waals surface area contributed by atoms with Crippen molar-refractivity contribution in [3.63, 3.8) is 0 Å². The zero-order valence-electron chi connectivity index (χ0n) is 16.6. The number of rotatable bonds is 2. The van der Waals surface area contributed by atoms with E-state index >= 15 is 0 Å². The molecule has 1 saturated heterocycles. The highest BCUT2D eigenvalue weighted by Gasteiger charge is 2.61. The molecule has 3 saturated carbocycles. The minimum Gasteiger partial charge on any atom is -0.359 e. The Labute approximate surface area is 161 Å². The zero-order valence-corrected chi connectivity index (χ0v) is 16.6. The molecule has 4 heteroatoms. The first-order valence-corrected chi connectivity index (χ1v) is 10.9. The van der Waals surface area contributed by atoms with Gasteiger partial charge in [0, 0.05) is 24.6 Å². The predicted molar refractivity (Wildman–Crippen MR) is 104 cm³/mol. The number of nitrogens with one attached hydrogen (secondary N) is 2. The van der Waals surface area contributed by atoms with Gasteiger partial charge < -0.3 is 10.3 Å². The van der Waals surface area contributed by atoms with Crippen LogP contribution in [0.15, 0.2) is 18.3 Å². The lowest BCUT2D eigenvalue weighted by Crippen LogP contribution is -2.61. The Morgan fingerprint density at radius 2 is 1.85 bits per heavy atom. The maximum atomic E-state index is 13.2. The van der Waals surface area contributed by atoms with E-state index in [0.29, 0.717) is 30.1 Å². The van der Waals surface area contributed by atoms with Gasteiger partial charge in [-0.15, -0.1) is 0 Å². The van der Waals surface area contributed by atoms with Crippen molar-refractivity contribution in [1.29, 1.82) is 0 Å². The van der Waals surface area contributed by atoms with Crippen LogP contribution in [0.2, 0.25) is 0 Å². The third kappa shape index (κ3) is 2.41. The van der Waals surface area contributed by atoms with E-state index in [1.54, 1.807) is 0 Å². The van der Waals surface area contributed by atoms with E-state index < -0.39 is 0 Å². The first kappa shape index (κ1) is 17.5. The molecule has 4 aliphatic rings. The topological polar surface area (TPSA) is 62.0 Å². The largest absolute Gasteiger partial charge is 0.359 e. The van der Waals surface area contributed by atoms with Gasteiger partial charge in [0.25, 0.3) is 0 Å². The summed E-state index contributed by atoms with van der Waals surface area (Å²) in [5.74, 6) is 2.83. The van der Waals surface area contributed by atoms with E-state index in [-0.39, 0.29) is 22.7 Å². The van der Waals surface area contributed by atoms with Crippen molar-refractivity contribution in [1.82, 2.24) is 10.3 Å². The summed E-state index contributed by atoms with van der Waals surface area (Å²) < 4.78 is 0. The Morgan fingerprint density at radius 3 is 2.63 bits per heavy atom. The number of piperidine rings is 1. The standard InChI is InChI=1S/C23H32N2O2/c1-22-11-9-16-14(5-8-19-23(16,2)12-10-20(26)25-19)15(22)6-7-17(22)21(27)18-4-3-13-24-18/h3-4,13-17,19,24H,5-12H2,1-2H3,(H,25,26). The van der Waals surface area contributed by atoms with Gasteiger partial charge in [-0.2, -0.15) is 0 Å². The molecule has 1 aromatic heterocycles. The summed E-state index contributed by atoms with van der Waals surface area (Å²) in [4.78, 5) is 28.2. The van der Waals surface area contributed by atoms with Crippen molar-refractivity contribution in [2.45, 2.75) is 71.3 Å². The zero-order chi connectivity index (χ0) is 18.8.